The number of hydrogen-bond acceptors (Lipinski definition) is 8. The number of aliphatic hydroxyl groups is 1. The Hall–Kier alpha value is -3.62. The summed E-state index contributed by atoms with van der Waals surface area (Å²) in [7, 11) is 0. The van der Waals surface area contributed by atoms with Crippen LogP contribution in [0.1, 0.15) is 36.3 Å². The highest BCUT2D eigenvalue weighted by atomic mass is 16.5. The molecule has 0 amide bonds. The van der Waals surface area contributed by atoms with Crippen molar-refractivity contribution in [3.05, 3.63) is 83.7 Å². The van der Waals surface area contributed by atoms with Crippen molar-refractivity contribution in [2.24, 2.45) is 0 Å². The normalized spacial score (nSPS) is 11.5. The monoisotopic (exact) mass is 418 g/mol. The zero-order chi connectivity index (χ0) is 22.1. The topological polar surface area (TPSA) is 133 Å². The summed E-state index contributed by atoms with van der Waals surface area (Å²) in [4.78, 5) is 16.7. The lowest BCUT2D eigenvalue weighted by molar-refractivity contribution is 0.0343. The summed E-state index contributed by atoms with van der Waals surface area (Å²) in [5.74, 6) is 0.309. The van der Waals surface area contributed by atoms with E-state index in [0.717, 1.165) is 17.5 Å². The number of aliphatic hydroxyl groups excluding tert-OH is 1. The van der Waals surface area contributed by atoms with Crippen LogP contribution >= 0.6 is 0 Å². The summed E-state index contributed by atoms with van der Waals surface area (Å²) in [5, 5.41) is 8.54. The van der Waals surface area contributed by atoms with Gasteiger partial charge in [0, 0.05) is 0 Å². The van der Waals surface area contributed by atoms with E-state index in [1.807, 2.05) is 67.6 Å². The van der Waals surface area contributed by atoms with E-state index in [-0.39, 0.29) is 24.5 Å². The van der Waals surface area contributed by atoms with E-state index in [1.165, 1.54) is 0 Å². The molecule has 2 aromatic heterocycles. The minimum atomic E-state index is -0.177. The predicted octanol–water partition coefficient (Wildman–Crippen LogP) is 3.43. The average Bonchev–Trinajstić information content (AvgIpc) is 2.81. The van der Waals surface area contributed by atoms with Gasteiger partial charge >= 0.3 is 0 Å². The van der Waals surface area contributed by atoms with Gasteiger partial charge in [-0.2, -0.15) is 9.97 Å². The van der Waals surface area contributed by atoms with Crippen LogP contribution in [0.2, 0.25) is 0 Å². The van der Waals surface area contributed by atoms with Gasteiger partial charge in [-0.05, 0) is 17.5 Å². The quantitative estimate of drug-likeness (QED) is 0.434. The van der Waals surface area contributed by atoms with E-state index in [2.05, 4.69) is 19.9 Å². The molecule has 4 aromatic rings. The van der Waals surface area contributed by atoms with Crippen molar-refractivity contribution >= 4 is 22.9 Å². The molecule has 5 N–H and O–H groups in total. The van der Waals surface area contributed by atoms with E-state index < -0.39 is 0 Å². The Kier molecular flexibility index (Phi) is 7.80. The van der Waals surface area contributed by atoms with Crippen LogP contribution in [0.25, 0.3) is 11.2 Å². The molecule has 0 aliphatic heterocycles. The second-order valence-corrected chi connectivity index (χ2v) is 6.77. The van der Waals surface area contributed by atoms with Gasteiger partial charge in [-0.15, -0.1) is 0 Å². The predicted molar refractivity (Wildman–Crippen MR) is 121 cm³/mol. The maximum atomic E-state index is 8.54. The Balaban J connectivity index is 0.000000287. The van der Waals surface area contributed by atoms with Crippen LogP contribution in [0, 0.1) is 0 Å². The summed E-state index contributed by atoms with van der Waals surface area (Å²) >= 11 is 0. The smallest absolute Gasteiger partial charge is 0.224 e. The Morgan fingerprint density at radius 1 is 0.903 bits per heavy atom. The first-order valence-electron chi connectivity index (χ1n) is 9.96. The summed E-state index contributed by atoms with van der Waals surface area (Å²) < 4.78 is 5.97. The number of nitrogens with two attached hydrogens (primary N) is 2. The molecule has 160 valence electrons. The number of fused-ring (bicyclic) bond motifs is 1. The molecule has 0 saturated carbocycles. The first-order chi connectivity index (χ1) is 15.1. The van der Waals surface area contributed by atoms with E-state index in [4.69, 9.17) is 21.3 Å². The molecule has 1 unspecified atom stereocenters. The number of rotatable bonds is 6. The minimum absolute atomic E-state index is 0.0874. The summed E-state index contributed by atoms with van der Waals surface area (Å²) in [5.41, 5.74) is 15.0. The number of nitrogen functional groups attached to an aromatic ring is 2. The van der Waals surface area contributed by atoms with Crippen LogP contribution in [0.5, 0.6) is 0 Å². The van der Waals surface area contributed by atoms with Crippen molar-refractivity contribution in [2.45, 2.75) is 32.7 Å². The van der Waals surface area contributed by atoms with Crippen molar-refractivity contribution in [1.29, 1.82) is 0 Å². The molecular weight excluding hydrogens is 392 g/mol. The fourth-order valence-electron chi connectivity index (χ4n) is 2.88. The Morgan fingerprint density at radius 3 is 2.13 bits per heavy atom. The molecular formula is C23H26N6O2. The number of anilines is 2. The van der Waals surface area contributed by atoms with E-state index in [0.29, 0.717) is 23.5 Å². The third kappa shape index (κ3) is 6.18. The maximum Gasteiger partial charge on any atom is 0.224 e. The Bertz CT molecular complexity index is 1090. The standard InChI is InChI=1S/C16H18N6O.C7H8O/c1-2-12(23-9-10-6-4-3-5-7-10)11-8-19-15-13(20-11)14(17)21-16(18)22-15;8-6-7-4-2-1-3-5-7/h3-8,12H,2,9H2,1H3,(H4,17,18,19,21,22);1-5,8H,6H2. The van der Waals surface area contributed by atoms with Gasteiger partial charge in [0.05, 0.1) is 25.1 Å². The Morgan fingerprint density at radius 2 is 1.55 bits per heavy atom. The molecule has 31 heavy (non-hydrogen) atoms. The van der Waals surface area contributed by atoms with Gasteiger partial charge in [-0.25, -0.2) is 9.97 Å². The SMILES string of the molecule is CCC(OCc1ccccc1)c1cnc2nc(N)nc(N)c2n1.OCc1ccccc1. The van der Waals surface area contributed by atoms with Gasteiger partial charge in [0.25, 0.3) is 0 Å². The Labute approximate surface area is 181 Å². The molecule has 2 heterocycles. The van der Waals surface area contributed by atoms with Gasteiger partial charge in [-0.3, -0.25) is 0 Å². The molecule has 0 bridgehead atoms. The number of benzene rings is 2. The lowest BCUT2D eigenvalue weighted by Gasteiger charge is -2.16. The van der Waals surface area contributed by atoms with Crippen molar-refractivity contribution < 1.29 is 9.84 Å². The highest BCUT2D eigenvalue weighted by molar-refractivity contribution is 5.81. The van der Waals surface area contributed by atoms with Crippen molar-refractivity contribution in [2.75, 3.05) is 11.5 Å². The molecule has 2 aromatic carbocycles. The van der Waals surface area contributed by atoms with Gasteiger partial charge < -0.3 is 21.3 Å². The molecule has 0 aliphatic rings. The van der Waals surface area contributed by atoms with Crippen LogP contribution in [0.3, 0.4) is 0 Å². The molecule has 4 rings (SSSR count). The van der Waals surface area contributed by atoms with E-state index in [1.54, 1.807) is 6.20 Å². The summed E-state index contributed by atoms with van der Waals surface area (Å²) in [6.07, 6.45) is 2.24. The average molecular weight is 419 g/mol. The lowest BCUT2D eigenvalue weighted by Crippen LogP contribution is -2.09. The fraction of sp³-hybridized carbons (Fsp3) is 0.217. The highest BCUT2D eigenvalue weighted by Gasteiger charge is 2.15. The third-order valence-corrected chi connectivity index (χ3v) is 4.49. The van der Waals surface area contributed by atoms with Gasteiger partial charge in [0.2, 0.25) is 5.95 Å². The zero-order valence-corrected chi connectivity index (χ0v) is 17.3. The number of aromatic nitrogens is 4. The minimum Gasteiger partial charge on any atom is -0.392 e. The number of ether oxygens (including phenoxy) is 1. The second kappa shape index (κ2) is 11.0. The number of nitrogens with zero attached hydrogens (tertiary/aromatic N) is 4. The first kappa shape index (κ1) is 22.1. The molecule has 8 nitrogen and oxygen atoms in total. The maximum absolute atomic E-state index is 8.54. The molecule has 1 atom stereocenters. The third-order valence-electron chi connectivity index (χ3n) is 4.49. The second-order valence-electron chi connectivity index (χ2n) is 6.77. The van der Waals surface area contributed by atoms with E-state index in [9.17, 15) is 0 Å². The van der Waals surface area contributed by atoms with Gasteiger partial charge in [0.1, 0.15) is 6.10 Å². The molecule has 8 heteroatoms. The van der Waals surface area contributed by atoms with E-state index >= 15 is 0 Å². The molecule has 0 fully saturated rings. The van der Waals surface area contributed by atoms with Crippen LogP contribution < -0.4 is 11.5 Å². The highest BCUT2D eigenvalue weighted by Crippen LogP contribution is 2.23. The van der Waals surface area contributed by atoms with Crippen molar-refractivity contribution in [1.82, 2.24) is 19.9 Å². The zero-order valence-electron chi connectivity index (χ0n) is 17.3. The van der Waals surface area contributed by atoms with Gasteiger partial charge in [0.15, 0.2) is 17.0 Å². The first-order valence-corrected chi connectivity index (χ1v) is 9.96. The van der Waals surface area contributed by atoms with Crippen LogP contribution in [0.15, 0.2) is 66.9 Å². The molecule has 0 radical (unpaired) electrons. The van der Waals surface area contributed by atoms with Crippen LogP contribution in [0.4, 0.5) is 11.8 Å². The van der Waals surface area contributed by atoms with Crippen molar-refractivity contribution in [3.63, 3.8) is 0 Å². The molecule has 0 saturated heterocycles. The van der Waals surface area contributed by atoms with Crippen LogP contribution in [-0.4, -0.2) is 25.0 Å². The largest absolute Gasteiger partial charge is 0.392 e. The number of hydrogen-bond donors (Lipinski definition) is 3. The molecule has 0 aliphatic carbocycles. The van der Waals surface area contributed by atoms with Crippen molar-refractivity contribution in [3.8, 4) is 0 Å². The molecule has 0 spiro atoms. The summed E-state index contributed by atoms with van der Waals surface area (Å²) in [6.45, 7) is 2.68. The van der Waals surface area contributed by atoms with Crippen LogP contribution in [-0.2, 0) is 18.0 Å². The van der Waals surface area contributed by atoms with Gasteiger partial charge in [-0.1, -0.05) is 67.6 Å². The fourth-order valence-corrected chi connectivity index (χ4v) is 2.88. The summed E-state index contributed by atoms with van der Waals surface area (Å²) in [6, 6.07) is 19.5. The lowest BCUT2D eigenvalue weighted by atomic mass is 10.2.